The van der Waals surface area contributed by atoms with Gasteiger partial charge in [0.05, 0.1) is 6.54 Å². The molecule has 1 aliphatic heterocycles. The fraction of sp³-hybridized carbons (Fsp3) is 0.933. The summed E-state index contributed by atoms with van der Waals surface area (Å²) in [5.41, 5.74) is 0. The molecule has 0 spiro atoms. The average molecular weight is 287 g/mol. The average Bonchev–Trinajstić information content (AvgIpc) is 3.22. The maximum absolute atomic E-state index is 12.3. The fourth-order valence-electron chi connectivity index (χ4n) is 3.74. The van der Waals surface area contributed by atoms with Crippen LogP contribution in [0.2, 0.25) is 0 Å². The summed E-state index contributed by atoms with van der Waals surface area (Å²) >= 11 is 0. The molecule has 19 heavy (non-hydrogen) atoms. The van der Waals surface area contributed by atoms with Crippen molar-refractivity contribution in [2.75, 3.05) is 19.6 Å². The largest absolute Gasteiger partial charge is 0.338 e. The van der Waals surface area contributed by atoms with E-state index in [1.807, 2.05) is 0 Å². The first-order chi connectivity index (χ1) is 8.84. The molecular formula is C15H27ClN2O. The van der Waals surface area contributed by atoms with Crippen LogP contribution in [0.4, 0.5) is 0 Å². The van der Waals surface area contributed by atoms with Crippen LogP contribution in [0.25, 0.3) is 0 Å². The number of carbonyl (C=O) groups is 1. The lowest BCUT2D eigenvalue weighted by atomic mass is 9.78. The van der Waals surface area contributed by atoms with E-state index in [9.17, 15) is 4.79 Å². The second-order valence-corrected chi connectivity index (χ2v) is 6.42. The van der Waals surface area contributed by atoms with E-state index in [4.69, 9.17) is 0 Å². The van der Waals surface area contributed by atoms with E-state index in [0.29, 0.717) is 18.5 Å². The van der Waals surface area contributed by atoms with Crippen LogP contribution in [-0.4, -0.2) is 36.5 Å². The normalized spacial score (nSPS) is 30.4. The zero-order chi connectivity index (χ0) is 12.4. The highest BCUT2D eigenvalue weighted by atomic mass is 35.5. The second-order valence-electron chi connectivity index (χ2n) is 6.42. The number of halogens is 1. The Balaban J connectivity index is 0.00000133. The van der Waals surface area contributed by atoms with Gasteiger partial charge in [-0.2, -0.15) is 0 Å². The molecule has 2 unspecified atom stereocenters. The highest BCUT2D eigenvalue weighted by Gasteiger charge is 2.35. The van der Waals surface area contributed by atoms with Gasteiger partial charge in [0.25, 0.3) is 0 Å². The molecule has 0 aromatic heterocycles. The van der Waals surface area contributed by atoms with E-state index < -0.39 is 0 Å². The number of amides is 1. The molecule has 1 heterocycles. The molecule has 2 aliphatic carbocycles. The molecule has 3 rings (SSSR count). The van der Waals surface area contributed by atoms with E-state index in [1.165, 1.54) is 51.4 Å². The van der Waals surface area contributed by atoms with Crippen LogP contribution in [0.3, 0.4) is 0 Å². The molecule has 1 amide bonds. The molecule has 3 aliphatic rings. The van der Waals surface area contributed by atoms with Crippen molar-refractivity contribution in [2.45, 2.75) is 57.4 Å². The quantitative estimate of drug-likeness (QED) is 0.861. The first-order valence-electron chi connectivity index (χ1n) is 7.85. The zero-order valence-electron chi connectivity index (χ0n) is 11.8. The minimum atomic E-state index is 0. The number of carbonyl (C=O) groups excluding carboxylic acids is 1. The summed E-state index contributed by atoms with van der Waals surface area (Å²) in [6.45, 7) is 2.62. The number of hydrogen-bond donors (Lipinski definition) is 1. The first-order valence-corrected chi connectivity index (χ1v) is 7.85. The Morgan fingerprint density at radius 3 is 2.58 bits per heavy atom. The van der Waals surface area contributed by atoms with Crippen LogP contribution < -0.4 is 5.32 Å². The van der Waals surface area contributed by atoms with Crippen molar-refractivity contribution >= 4 is 18.3 Å². The highest BCUT2D eigenvalue weighted by Crippen LogP contribution is 2.35. The number of likely N-dealkylation sites (tertiary alicyclic amines) is 1. The van der Waals surface area contributed by atoms with E-state index >= 15 is 0 Å². The van der Waals surface area contributed by atoms with Gasteiger partial charge in [0, 0.05) is 12.6 Å². The second kappa shape index (κ2) is 6.94. The summed E-state index contributed by atoms with van der Waals surface area (Å²) in [5.74, 6) is 2.02. The third-order valence-corrected chi connectivity index (χ3v) is 4.97. The zero-order valence-corrected chi connectivity index (χ0v) is 12.6. The summed E-state index contributed by atoms with van der Waals surface area (Å²) in [4.78, 5) is 14.5. The third kappa shape index (κ3) is 3.85. The van der Waals surface area contributed by atoms with Crippen molar-refractivity contribution in [3.8, 4) is 0 Å². The van der Waals surface area contributed by atoms with Crippen LogP contribution in [-0.2, 0) is 4.79 Å². The summed E-state index contributed by atoms with van der Waals surface area (Å²) in [6, 6.07) is 0.572. The maximum Gasteiger partial charge on any atom is 0.236 e. The smallest absolute Gasteiger partial charge is 0.236 e. The van der Waals surface area contributed by atoms with Crippen molar-refractivity contribution in [3.63, 3.8) is 0 Å². The topological polar surface area (TPSA) is 32.3 Å². The van der Waals surface area contributed by atoms with Gasteiger partial charge < -0.3 is 10.2 Å². The van der Waals surface area contributed by atoms with Crippen LogP contribution in [0.1, 0.15) is 51.4 Å². The maximum atomic E-state index is 12.3. The minimum absolute atomic E-state index is 0. The van der Waals surface area contributed by atoms with Gasteiger partial charge >= 0.3 is 0 Å². The number of nitrogens with zero attached hydrogens (tertiary/aromatic N) is 1. The minimum Gasteiger partial charge on any atom is -0.338 e. The number of rotatable bonds is 4. The molecule has 3 nitrogen and oxygen atoms in total. The van der Waals surface area contributed by atoms with Gasteiger partial charge in [-0.15, -0.1) is 12.4 Å². The number of fused-ring (bicyclic) bond motifs is 1. The number of nitrogens with one attached hydrogen (secondary N) is 1. The lowest BCUT2D eigenvalue weighted by Gasteiger charge is -2.44. The monoisotopic (exact) mass is 286 g/mol. The number of hydrogen-bond acceptors (Lipinski definition) is 2. The molecule has 0 bridgehead atoms. The van der Waals surface area contributed by atoms with Crippen molar-refractivity contribution in [1.82, 2.24) is 10.2 Å². The third-order valence-electron chi connectivity index (χ3n) is 4.97. The molecule has 2 saturated carbocycles. The van der Waals surface area contributed by atoms with Gasteiger partial charge in [-0.1, -0.05) is 12.8 Å². The number of piperidine rings is 1. The Morgan fingerprint density at radius 2 is 1.79 bits per heavy atom. The Morgan fingerprint density at radius 1 is 1.05 bits per heavy atom. The van der Waals surface area contributed by atoms with Crippen LogP contribution in [0.15, 0.2) is 0 Å². The molecule has 0 radical (unpaired) electrons. The molecule has 0 aromatic carbocycles. The molecule has 2 atom stereocenters. The molecule has 1 N–H and O–H groups in total. The van der Waals surface area contributed by atoms with Gasteiger partial charge in [-0.05, 0) is 56.9 Å². The lowest BCUT2D eigenvalue weighted by Crippen LogP contribution is -2.52. The fourth-order valence-corrected chi connectivity index (χ4v) is 3.74. The summed E-state index contributed by atoms with van der Waals surface area (Å²) < 4.78 is 0. The summed E-state index contributed by atoms with van der Waals surface area (Å²) in [5, 5.41) is 3.35. The van der Waals surface area contributed by atoms with Crippen molar-refractivity contribution in [1.29, 1.82) is 0 Å². The van der Waals surface area contributed by atoms with Gasteiger partial charge in [-0.25, -0.2) is 0 Å². The van der Waals surface area contributed by atoms with Crippen LogP contribution in [0, 0.1) is 11.8 Å². The van der Waals surface area contributed by atoms with E-state index in [2.05, 4.69) is 10.2 Å². The molecule has 1 saturated heterocycles. The van der Waals surface area contributed by atoms with Gasteiger partial charge in [-0.3, -0.25) is 4.79 Å². The van der Waals surface area contributed by atoms with Gasteiger partial charge in [0.15, 0.2) is 0 Å². The standard InChI is InChI=1S/C15H26N2O.ClH/c18-15(11-16-10-12-7-8-12)17-9-3-5-13-4-1-2-6-14(13)17;/h12-14,16H,1-11H2;1H. The lowest BCUT2D eigenvalue weighted by molar-refractivity contribution is -0.136. The molecule has 4 heteroatoms. The Hall–Kier alpha value is -0.280. The highest BCUT2D eigenvalue weighted by molar-refractivity contribution is 5.85. The van der Waals surface area contributed by atoms with Crippen LogP contribution >= 0.6 is 12.4 Å². The van der Waals surface area contributed by atoms with E-state index in [-0.39, 0.29) is 12.4 Å². The van der Waals surface area contributed by atoms with Crippen molar-refractivity contribution in [3.05, 3.63) is 0 Å². The SMILES string of the molecule is Cl.O=C(CNCC1CC1)N1CCCC2CCCCC21. The van der Waals surface area contributed by atoms with E-state index in [0.717, 1.165) is 24.9 Å². The molecule has 3 fully saturated rings. The Kier molecular flexibility index (Phi) is 5.52. The predicted molar refractivity (Wildman–Crippen MR) is 79.5 cm³/mol. The van der Waals surface area contributed by atoms with Crippen LogP contribution in [0.5, 0.6) is 0 Å². The summed E-state index contributed by atoms with van der Waals surface area (Å²) in [6.07, 6.45) is 10.6. The van der Waals surface area contributed by atoms with Gasteiger partial charge in [0.2, 0.25) is 5.91 Å². The first kappa shape index (κ1) is 15.1. The van der Waals surface area contributed by atoms with Crippen molar-refractivity contribution in [2.24, 2.45) is 11.8 Å². The van der Waals surface area contributed by atoms with E-state index in [1.54, 1.807) is 0 Å². The predicted octanol–water partition coefficient (Wildman–Crippen LogP) is 2.59. The van der Waals surface area contributed by atoms with Crippen molar-refractivity contribution < 1.29 is 4.79 Å². The summed E-state index contributed by atoms with van der Waals surface area (Å²) in [7, 11) is 0. The van der Waals surface area contributed by atoms with Gasteiger partial charge in [0.1, 0.15) is 0 Å². The Bertz CT molecular complexity index is 305. The molecule has 110 valence electrons. The molecular weight excluding hydrogens is 260 g/mol. The molecule has 0 aromatic rings. The Labute approximate surface area is 122 Å².